The lowest BCUT2D eigenvalue weighted by molar-refractivity contribution is -0.139. The van der Waals surface area contributed by atoms with Gasteiger partial charge in [-0.1, -0.05) is 47.5 Å². The molecule has 200 valence electrons. The molecule has 1 aliphatic rings. The second kappa shape index (κ2) is 11.3. The third-order valence-electron chi connectivity index (χ3n) is 6.69. The van der Waals surface area contributed by atoms with Crippen LogP contribution >= 0.6 is 35.0 Å². The Morgan fingerprint density at radius 2 is 1.95 bits per heavy atom. The van der Waals surface area contributed by atoms with Crippen LogP contribution in [-0.4, -0.2) is 56.6 Å². The van der Waals surface area contributed by atoms with E-state index >= 15 is 0 Å². The number of carboxylic acid groups (broad SMARTS) is 1. The first-order valence-corrected chi connectivity index (χ1v) is 14.1. The number of benzene rings is 3. The summed E-state index contributed by atoms with van der Waals surface area (Å²) >= 11 is 14.7. The minimum Gasteiger partial charge on any atom is -0.480 e. The number of carbonyl (C=O) groups excluding carboxylic acids is 2. The Morgan fingerprint density at radius 1 is 1.15 bits per heavy atom. The number of carbonyl (C=O) groups is 3. The van der Waals surface area contributed by atoms with Crippen molar-refractivity contribution in [1.29, 1.82) is 0 Å². The van der Waals surface area contributed by atoms with E-state index in [1.54, 1.807) is 22.7 Å². The molecule has 0 radical (unpaired) electrons. The number of aromatic nitrogens is 2. The summed E-state index contributed by atoms with van der Waals surface area (Å²) in [7, 11) is 0. The number of hydrogen-bond donors (Lipinski definition) is 3. The first kappa shape index (κ1) is 27.1. The van der Waals surface area contributed by atoms with Gasteiger partial charge in [-0.3, -0.25) is 9.59 Å². The van der Waals surface area contributed by atoms with Gasteiger partial charge in [0.05, 0.1) is 26.6 Å². The Kier molecular flexibility index (Phi) is 7.83. The van der Waals surface area contributed by atoms with Gasteiger partial charge in [0.1, 0.15) is 6.04 Å². The van der Waals surface area contributed by atoms with Crippen LogP contribution in [0.2, 0.25) is 10.0 Å². The summed E-state index contributed by atoms with van der Waals surface area (Å²) in [6, 6.07) is 15.3. The third-order valence-corrected chi connectivity index (χ3v) is 8.13. The molecule has 3 aromatic carbocycles. The highest BCUT2D eigenvalue weighted by atomic mass is 35.5. The van der Waals surface area contributed by atoms with Crippen molar-refractivity contribution in [2.45, 2.75) is 30.3 Å². The highest BCUT2D eigenvalue weighted by Gasteiger charge is 2.30. The van der Waals surface area contributed by atoms with Crippen molar-refractivity contribution in [2.24, 2.45) is 0 Å². The summed E-state index contributed by atoms with van der Waals surface area (Å²) < 4.78 is 0. The topological polar surface area (TPSA) is 115 Å². The molecule has 2 amide bonds. The molecular weight excluding hydrogens is 559 g/mol. The van der Waals surface area contributed by atoms with E-state index < -0.39 is 17.9 Å². The Bertz CT molecular complexity index is 1570. The summed E-state index contributed by atoms with van der Waals surface area (Å²) in [5.74, 6) is -1.83. The Labute approximate surface area is 238 Å². The number of nitrogens with zero attached hydrogens (tertiary/aromatic N) is 2. The summed E-state index contributed by atoms with van der Waals surface area (Å²) in [6.45, 7) is 0.616. The number of carboxylic acids is 1. The number of amides is 2. The Balaban J connectivity index is 1.34. The van der Waals surface area contributed by atoms with Crippen LogP contribution in [-0.2, 0) is 24.2 Å². The monoisotopic (exact) mass is 582 g/mol. The van der Waals surface area contributed by atoms with Crippen LogP contribution in [0.15, 0.2) is 59.5 Å². The molecule has 3 N–H and O–H groups in total. The molecular formula is C28H24Cl2N4O4S. The van der Waals surface area contributed by atoms with Crippen molar-refractivity contribution in [3.05, 3.63) is 92.7 Å². The summed E-state index contributed by atoms with van der Waals surface area (Å²) in [6.07, 6.45) is 2.44. The van der Waals surface area contributed by atoms with Crippen molar-refractivity contribution in [1.82, 2.24) is 20.2 Å². The number of para-hydroxylation sites is 2. The zero-order valence-electron chi connectivity index (χ0n) is 20.8. The molecule has 0 aliphatic carbocycles. The highest BCUT2D eigenvalue weighted by molar-refractivity contribution is 7.98. The average molecular weight is 583 g/mol. The van der Waals surface area contributed by atoms with Crippen molar-refractivity contribution in [3.63, 3.8) is 0 Å². The average Bonchev–Trinajstić information content (AvgIpc) is 3.36. The zero-order valence-corrected chi connectivity index (χ0v) is 23.2. The minimum atomic E-state index is -1.17. The summed E-state index contributed by atoms with van der Waals surface area (Å²) in [4.78, 5) is 48.4. The van der Waals surface area contributed by atoms with Gasteiger partial charge >= 0.3 is 5.97 Å². The molecule has 11 heteroatoms. The van der Waals surface area contributed by atoms with Crippen LogP contribution in [0.5, 0.6) is 0 Å². The predicted molar refractivity (Wildman–Crippen MR) is 152 cm³/mol. The van der Waals surface area contributed by atoms with E-state index in [0.717, 1.165) is 21.5 Å². The molecule has 2 heterocycles. The maximum absolute atomic E-state index is 13.2. The van der Waals surface area contributed by atoms with Gasteiger partial charge in [0, 0.05) is 24.4 Å². The van der Waals surface area contributed by atoms with E-state index in [1.165, 1.54) is 0 Å². The normalized spacial score (nSPS) is 13.7. The largest absolute Gasteiger partial charge is 0.480 e. The smallest absolute Gasteiger partial charge is 0.326 e. The fourth-order valence-electron chi connectivity index (χ4n) is 4.70. The SMILES string of the molecule is CSc1cccc(C[C@H](NC(=O)c2c(Cl)cc3c(c2Cl)CCN(C(=O)c2nc4ccccc4[nH]2)C3)C(=O)O)c1. The highest BCUT2D eigenvalue weighted by Crippen LogP contribution is 2.35. The molecule has 8 nitrogen and oxygen atoms in total. The van der Waals surface area contributed by atoms with Gasteiger partial charge < -0.3 is 20.3 Å². The number of thioether (sulfide) groups is 1. The molecule has 0 saturated heterocycles. The van der Waals surface area contributed by atoms with Crippen LogP contribution in [0.1, 0.15) is 37.7 Å². The van der Waals surface area contributed by atoms with Crippen molar-refractivity contribution in [2.75, 3.05) is 12.8 Å². The lowest BCUT2D eigenvalue weighted by atomic mass is 9.96. The number of rotatable bonds is 7. The predicted octanol–water partition coefficient (Wildman–Crippen LogP) is 5.22. The number of hydrogen-bond acceptors (Lipinski definition) is 5. The van der Waals surface area contributed by atoms with Gasteiger partial charge in [-0.25, -0.2) is 9.78 Å². The summed E-state index contributed by atoms with van der Waals surface area (Å²) in [5.41, 5.74) is 3.72. The van der Waals surface area contributed by atoms with E-state index in [0.29, 0.717) is 24.0 Å². The standard InChI is InChI=1S/C28H24Cl2N4O4S/c1-39-17-6-4-5-15(11-17)12-22(28(37)38)33-26(35)23-19(29)13-16-14-34(10-9-18(16)24(23)30)27(36)25-31-20-7-2-3-8-21(20)32-25/h2-8,11,13,22H,9-10,12,14H2,1H3,(H,31,32)(H,33,35)(H,37,38)/t22-/m0/s1. The molecule has 0 spiro atoms. The first-order chi connectivity index (χ1) is 18.7. The van der Waals surface area contributed by atoms with Gasteiger partial charge in [-0.05, 0) is 59.7 Å². The van der Waals surface area contributed by atoms with Gasteiger partial charge in [-0.2, -0.15) is 0 Å². The molecule has 0 unspecified atom stereocenters. The van der Waals surface area contributed by atoms with Gasteiger partial charge in [0.15, 0.2) is 5.82 Å². The van der Waals surface area contributed by atoms with Crippen LogP contribution in [0.25, 0.3) is 11.0 Å². The molecule has 1 aliphatic heterocycles. The van der Waals surface area contributed by atoms with E-state index in [-0.39, 0.29) is 40.3 Å². The molecule has 5 rings (SSSR count). The van der Waals surface area contributed by atoms with E-state index in [4.69, 9.17) is 23.2 Å². The molecule has 4 aromatic rings. The zero-order chi connectivity index (χ0) is 27.7. The van der Waals surface area contributed by atoms with E-state index in [9.17, 15) is 19.5 Å². The fourth-order valence-corrected chi connectivity index (χ4v) is 5.95. The lowest BCUT2D eigenvalue weighted by Crippen LogP contribution is -2.42. The van der Waals surface area contributed by atoms with Gasteiger partial charge in [0.25, 0.3) is 11.8 Å². The number of aromatic amines is 1. The maximum atomic E-state index is 13.2. The van der Waals surface area contributed by atoms with Gasteiger partial charge in [0.2, 0.25) is 0 Å². The number of halogens is 2. The molecule has 39 heavy (non-hydrogen) atoms. The number of aliphatic carboxylic acids is 1. The summed E-state index contributed by atoms with van der Waals surface area (Å²) in [5, 5.41) is 12.6. The number of nitrogens with one attached hydrogen (secondary N) is 2. The van der Waals surface area contributed by atoms with E-state index in [1.807, 2.05) is 54.8 Å². The number of imidazole rings is 1. The molecule has 0 bridgehead atoms. The number of fused-ring (bicyclic) bond motifs is 2. The molecule has 0 fully saturated rings. The quantitative estimate of drug-likeness (QED) is 0.257. The van der Waals surface area contributed by atoms with Crippen LogP contribution in [0.4, 0.5) is 0 Å². The second-order valence-electron chi connectivity index (χ2n) is 9.18. The molecule has 0 saturated carbocycles. The first-order valence-electron chi connectivity index (χ1n) is 12.2. The van der Waals surface area contributed by atoms with E-state index in [2.05, 4.69) is 15.3 Å². The van der Waals surface area contributed by atoms with Crippen LogP contribution in [0.3, 0.4) is 0 Å². The van der Waals surface area contributed by atoms with Crippen molar-refractivity contribution < 1.29 is 19.5 Å². The third kappa shape index (κ3) is 5.61. The number of H-pyrrole nitrogens is 1. The minimum absolute atomic E-state index is 0.0262. The Hall–Kier alpha value is -3.53. The lowest BCUT2D eigenvalue weighted by Gasteiger charge is -2.30. The fraction of sp³-hybridized carbons (Fsp3) is 0.214. The molecule has 1 atom stereocenters. The van der Waals surface area contributed by atoms with Crippen LogP contribution in [0, 0.1) is 0 Å². The Morgan fingerprint density at radius 3 is 2.69 bits per heavy atom. The van der Waals surface area contributed by atoms with Crippen molar-refractivity contribution in [3.8, 4) is 0 Å². The second-order valence-corrected chi connectivity index (χ2v) is 10.8. The van der Waals surface area contributed by atoms with Gasteiger partial charge in [-0.15, -0.1) is 11.8 Å². The van der Waals surface area contributed by atoms with Crippen molar-refractivity contribution >= 4 is 63.8 Å². The van der Waals surface area contributed by atoms with Crippen LogP contribution < -0.4 is 5.32 Å². The molecule has 1 aromatic heterocycles. The maximum Gasteiger partial charge on any atom is 0.326 e.